The summed E-state index contributed by atoms with van der Waals surface area (Å²) in [5.74, 6) is -2.19. The van der Waals surface area contributed by atoms with E-state index in [1.54, 1.807) is 26.0 Å². The fraction of sp³-hybridized carbons (Fsp3) is 0.118. The van der Waals surface area contributed by atoms with Gasteiger partial charge in [-0.3, -0.25) is 19.7 Å². The number of rotatable bonds is 4. The second kappa shape index (κ2) is 7.88. The van der Waals surface area contributed by atoms with E-state index in [1.165, 1.54) is 0 Å². The van der Waals surface area contributed by atoms with Gasteiger partial charge in [0.05, 0.1) is 11.1 Å². The molecule has 0 heterocycles. The van der Waals surface area contributed by atoms with E-state index in [0.29, 0.717) is 5.69 Å². The van der Waals surface area contributed by atoms with Crippen molar-refractivity contribution in [2.75, 3.05) is 5.32 Å². The predicted octanol–water partition coefficient (Wildman–Crippen LogP) is 2.01. The van der Waals surface area contributed by atoms with E-state index < -0.39 is 16.7 Å². The number of carbonyl (C=O) groups excluding carboxylic acids is 2. The number of benzene rings is 2. The molecule has 9 heteroatoms. The Morgan fingerprint density at radius 2 is 1.81 bits per heavy atom. The van der Waals surface area contributed by atoms with E-state index in [4.69, 9.17) is 0 Å². The van der Waals surface area contributed by atoms with Gasteiger partial charge in [-0.25, -0.2) is 5.43 Å². The lowest BCUT2D eigenvalue weighted by Crippen LogP contribution is -2.32. The Labute approximate surface area is 148 Å². The van der Waals surface area contributed by atoms with Gasteiger partial charge < -0.3 is 10.4 Å². The quantitative estimate of drug-likeness (QED) is 0.333. The van der Waals surface area contributed by atoms with Gasteiger partial charge in [0.25, 0.3) is 5.69 Å². The van der Waals surface area contributed by atoms with Crippen LogP contribution in [-0.2, 0) is 9.59 Å². The van der Waals surface area contributed by atoms with Crippen molar-refractivity contribution in [2.45, 2.75) is 13.8 Å². The molecule has 9 nitrogen and oxygen atoms in total. The monoisotopic (exact) mass is 356 g/mol. The molecule has 0 radical (unpaired) electrons. The van der Waals surface area contributed by atoms with Crippen LogP contribution in [0.1, 0.15) is 16.7 Å². The molecule has 0 atom stereocenters. The fourth-order valence-electron chi connectivity index (χ4n) is 2.15. The third-order valence-corrected chi connectivity index (χ3v) is 3.52. The average Bonchev–Trinajstić information content (AvgIpc) is 2.59. The summed E-state index contributed by atoms with van der Waals surface area (Å²) < 4.78 is 0. The zero-order chi connectivity index (χ0) is 19.3. The van der Waals surface area contributed by atoms with Gasteiger partial charge in [0, 0.05) is 23.4 Å². The van der Waals surface area contributed by atoms with E-state index in [-0.39, 0.29) is 17.0 Å². The number of phenols is 1. The molecule has 0 unspecified atom stereocenters. The number of hydrogen-bond acceptors (Lipinski definition) is 6. The number of phenolic OH excluding ortho intramolecular Hbond substituents is 1. The summed E-state index contributed by atoms with van der Waals surface area (Å²) in [7, 11) is 0. The van der Waals surface area contributed by atoms with Crippen LogP contribution in [0.2, 0.25) is 0 Å². The Bertz CT molecular complexity index is 888. The Hall–Kier alpha value is -3.75. The van der Waals surface area contributed by atoms with Crippen LogP contribution in [0.3, 0.4) is 0 Å². The van der Waals surface area contributed by atoms with E-state index in [2.05, 4.69) is 10.4 Å². The summed E-state index contributed by atoms with van der Waals surface area (Å²) in [6.07, 6.45) is 1.01. The van der Waals surface area contributed by atoms with Crippen molar-refractivity contribution in [1.82, 2.24) is 5.43 Å². The number of amides is 2. The number of carbonyl (C=O) groups is 2. The van der Waals surface area contributed by atoms with Crippen LogP contribution >= 0.6 is 0 Å². The highest BCUT2D eigenvalue weighted by Gasteiger charge is 2.15. The van der Waals surface area contributed by atoms with Crippen molar-refractivity contribution in [1.29, 1.82) is 0 Å². The number of nitrogens with zero attached hydrogens (tertiary/aromatic N) is 2. The van der Waals surface area contributed by atoms with Gasteiger partial charge in [0.2, 0.25) is 0 Å². The van der Waals surface area contributed by atoms with Crippen LogP contribution in [0.15, 0.2) is 41.5 Å². The molecule has 3 N–H and O–H groups in total. The van der Waals surface area contributed by atoms with Gasteiger partial charge in [-0.15, -0.1) is 0 Å². The number of para-hydroxylation sites is 1. The molecule has 134 valence electrons. The summed E-state index contributed by atoms with van der Waals surface area (Å²) in [4.78, 5) is 33.8. The lowest BCUT2D eigenvalue weighted by atomic mass is 10.1. The van der Waals surface area contributed by atoms with E-state index in [9.17, 15) is 24.8 Å². The largest absolute Gasteiger partial charge is 0.507 e. The van der Waals surface area contributed by atoms with Crippen LogP contribution < -0.4 is 10.7 Å². The second-order valence-corrected chi connectivity index (χ2v) is 5.42. The van der Waals surface area contributed by atoms with Crippen molar-refractivity contribution >= 4 is 29.4 Å². The smallest absolute Gasteiger partial charge is 0.329 e. The first-order chi connectivity index (χ1) is 12.3. The molecule has 0 aliphatic carbocycles. The number of nitrogens with one attached hydrogen (secondary N) is 2. The van der Waals surface area contributed by atoms with Crippen LogP contribution in [0.4, 0.5) is 11.4 Å². The zero-order valence-electron chi connectivity index (χ0n) is 14.0. The van der Waals surface area contributed by atoms with Crippen LogP contribution in [0.25, 0.3) is 0 Å². The molecular weight excluding hydrogens is 340 g/mol. The lowest BCUT2D eigenvalue weighted by molar-refractivity contribution is -0.384. The summed E-state index contributed by atoms with van der Waals surface area (Å²) >= 11 is 0. The minimum absolute atomic E-state index is 0.0228. The normalized spacial score (nSPS) is 10.5. The maximum Gasteiger partial charge on any atom is 0.329 e. The Kier molecular flexibility index (Phi) is 5.63. The Morgan fingerprint density at radius 1 is 1.15 bits per heavy atom. The van der Waals surface area contributed by atoms with Crippen LogP contribution in [0.5, 0.6) is 5.75 Å². The van der Waals surface area contributed by atoms with E-state index in [0.717, 1.165) is 35.5 Å². The maximum absolute atomic E-state index is 11.9. The van der Waals surface area contributed by atoms with Crippen molar-refractivity contribution in [3.05, 3.63) is 63.2 Å². The van der Waals surface area contributed by atoms with Gasteiger partial charge in [0.1, 0.15) is 5.75 Å². The number of aromatic hydroxyl groups is 1. The second-order valence-electron chi connectivity index (χ2n) is 5.42. The molecule has 0 aliphatic heterocycles. The molecule has 0 bridgehead atoms. The first-order valence-corrected chi connectivity index (χ1v) is 7.47. The molecule has 0 saturated carbocycles. The van der Waals surface area contributed by atoms with Crippen molar-refractivity contribution in [2.24, 2.45) is 5.10 Å². The number of hydrazone groups is 1. The highest BCUT2D eigenvalue weighted by Crippen LogP contribution is 2.21. The van der Waals surface area contributed by atoms with Gasteiger partial charge in [-0.05, 0) is 31.0 Å². The number of anilines is 1. The van der Waals surface area contributed by atoms with Crippen molar-refractivity contribution in [3.8, 4) is 5.75 Å². The minimum Gasteiger partial charge on any atom is -0.507 e. The molecule has 2 amide bonds. The zero-order valence-corrected chi connectivity index (χ0v) is 14.0. The molecule has 0 spiro atoms. The third-order valence-electron chi connectivity index (χ3n) is 3.52. The molecule has 2 rings (SSSR count). The van der Waals surface area contributed by atoms with Crippen molar-refractivity contribution in [3.63, 3.8) is 0 Å². The molecule has 0 fully saturated rings. The SMILES string of the molecule is Cc1cccc(C)c1NC(=O)C(=O)NN=Cc1cc([N+](=O)[O-])ccc1O. The minimum atomic E-state index is -1.02. The molecule has 0 aromatic heterocycles. The topological polar surface area (TPSA) is 134 Å². The fourth-order valence-corrected chi connectivity index (χ4v) is 2.15. The lowest BCUT2D eigenvalue weighted by Gasteiger charge is -2.10. The average molecular weight is 356 g/mol. The number of hydrogen-bond donors (Lipinski definition) is 3. The van der Waals surface area contributed by atoms with Gasteiger partial charge in [0.15, 0.2) is 0 Å². The van der Waals surface area contributed by atoms with Gasteiger partial charge >= 0.3 is 11.8 Å². The van der Waals surface area contributed by atoms with E-state index >= 15 is 0 Å². The first kappa shape index (κ1) is 18.6. The first-order valence-electron chi connectivity index (χ1n) is 7.47. The number of aryl methyl sites for hydroxylation is 2. The van der Waals surface area contributed by atoms with E-state index in [1.807, 2.05) is 11.5 Å². The van der Waals surface area contributed by atoms with Gasteiger partial charge in [-0.1, -0.05) is 18.2 Å². The standard InChI is InChI=1S/C17H16N4O5/c1-10-4-3-5-11(2)15(10)19-16(23)17(24)20-18-9-12-8-13(21(25)26)6-7-14(12)22/h3-9,22H,1-2H3,(H,19,23)(H,20,24). The molecule has 2 aromatic rings. The number of nitro groups is 1. The Balaban J connectivity index is 2.04. The van der Waals surface area contributed by atoms with Gasteiger partial charge in [-0.2, -0.15) is 5.10 Å². The molecule has 0 saturated heterocycles. The maximum atomic E-state index is 11.9. The summed E-state index contributed by atoms with van der Waals surface area (Å²) in [5.41, 5.74) is 3.92. The summed E-state index contributed by atoms with van der Waals surface area (Å²) in [5, 5.41) is 26.4. The molecule has 0 aliphatic rings. The number of non-ortho nitro benzene ring substituents is 1. The highest BCUT2D eigenvalue weighted by molar-refractivity contribution is 6.39. The molecular formula is C17H16N4O5. The Morgan fingerprint density at radius 3 is 2.42 bits per heavy atom. The van der Waals surface area contributed by atoms with Crippen molar-refractivity contribution < 1.29 is 19.6 Å². The molecule has 26 heavy (non-hydrogen) atoms. The number of nitro benzene ring substituents is 1. The van der Waals surface area contributed by atoms with Crippen LogP contribution in [-0.4, -0.2) is 28.1 Å². The summed E-state index contributed by atoms with van der Waals surface area (Å²) in [6.45, 7) is 3.59. The van der Waals surface area contributed by atoms with Crippen LogP contribution in [0, 0.1) is 24.0 Å². The predicted molar refractivity (Wildman–Crippen MR) is 95.0 cm³/mol. The highest BCUT2D eigenvalue weighted by atomic mass is 16.6. The third kappa shape index (κ3) is 4.41. The summed E-state index contributed by atoms with van der Waals surface area (Å²) in [6, 6.07) is 8.77. The molecule has 2 aromatic carbocycles.